The maximum absolute atomic E-state index is 12.9. The van der Waals surface area contributed by atoms with Gasteiger partial charge in [0, 0.05) is 18.5 Å². The van der Waals surface area contributed by atoms with Crippen LogP contribution in [0.15, 0.2) is 5.38 Å². The number of anilines is 1. The minimum Gasteiger partial charge on any atom is -0.481 e. The zero-order valence-electron chi connectivity index (χ0n) is 12.2. The number of likely N-dealkylation sites (tertiary alicyclic amines) is 1. The smallest absolute Gasteiger partial charge is 0.394 e. The van der Waals surface area contributed by atoms with Gasteiger partial charge >= 0.3 is 24.4 Å². The topological polar surface area (TPSA) is 82.5 Å². The second kappa shape index (κ2) is 6.69. The molecule has 0 aromatic carbocycles. The van der Waals surface area contributed by atoms with Crippen molar-refractivity contribution in [2.75, 3.05) is 18.4 Å². The van der Waals surface area contributed by atoms with Crippen LogP contribution in [0.2, 0.25) is 0 Å². The number of aromatic nitrogens is 1. The maximum atomic E-state index is 12.9. The molecule has 1 aliphatic rings. The van der Waals surface area contributed by atoms with E-state index in [9.17, 15) is 35.9 Å². The number of thiazole rings is 1. The van der Waals surface area contributed by atoms with Gasteiger partial charge in [0.05, 0.1) is 24.0 Å². The first-order valence-electron chi connectivity index (χ1n) is 6.73. The predicted octanol–water partition coefficient (Wildman–Crippen LogP) is 2.97. The molecule has 13 heteroatoms. The van der Waals surface area contributed by atoms with E-state index in [1.807, 2.05) is 0 Å². The number of amides is 2. The Morgan fingerprint density at radius 2 is 1.92 bits per heavy atom. The molecule has 2 heterocycles. The van der Waals surface area contributed by atoms with E-state index < -0.39 is 55.7 Å². The van der Waals surface area contributed by atoms with Gasteiger partial charge in [0.1, 0.15) is 0 Å². The first-order chi connectivity index (χ1) is 11.4. The van der Waals surface area contributed by atoms with E-state index >= 15 is 0 Å². The van der Waals surface area contributed by atoms with Crippen LogP contribution >= 0.6 is 11.3 Å². The summed E-state index contributed by atoms with van der Waals surface area (Å²) in [7, 11) is 0. The molecule has 6 nitrogen and oxygen atoms in total. The Bertz CT molecular complexity index is 659. The van der Waals surface area contributed by atoms with Crippen molar-refractivity contribution in [2.45, 2.75) is 18.8 Å². The molecule has 1 aromatic heterocycles. The summed E-state index contributed by atoms with van der Waals surface area (Å²) in [5.74, 6) is -5.70. The molecule has 1 aromatic rings. The van der Waals surface area contributed by atoms with Gasteiger partial charge in [-0.3, -0.25) is 10.1 Å². The van der Waals surface area contributed by atoms with E-state index in [1.54, 1.807) is 0 Å². The number of urea groups is 1. The summed E-state index contributed by atoms with van der Waals surface area (Å²) in [6.45, 7) is -1.51. The summed E-state index contributed by atoms with van der Waals surface area (Å²) in [5.41, 5.74) is -0.342. The number of hydrogen-bond donors (Lipinski definition) is 2. The van der Waals surface area contributed by atoms with E-state index in [1.165, 1.54) is 0 Å². The highest BCUT2D eigenvalue weighted by Gasteiger charge is 2.53. The summed E-state index contributed by atoms with van der Waals surface area (Å²) in [5, 5.41) is 11.8. The second-order valence-corrected chi connectivity index (χ2v) is 6.22. The minimum atomic E-state index is -4.79. The number of nitrogens with zero attached hydrogens (tertiary/aromatic N) is 2. The molecule has 0 radical (unpaired) electrons. The van der Waals surface area contributed by atoms with Crippen molar-refractivity contribution < 1.29 is 41.0 Å². The number of hydrogen-bond acceptors (Lipinski definition) is 4. The molecule has 1 aliphatic heterocycles. The molecule has 2 amide bonds. The molecule has 0 spiro atoms. The summed E-state index contributed by atoms with van der Waals surface area (Å²) >= 11 is 0.683. The molecule has 2 N–H and O–H groups in total. The average molecular weight is 391 g/mol. The quantitative estimate of drug-likeness (QED) is 0.777. The predicted molar refractivity (Wildman–Crippen MR) is 73.1 cm³/mol. The van der Waals surface area contributed by atoms with Crippen LogP contribution in [0.5, 0.6) is 0 Å². The van der Waals surface area contributed by atoms with Crippen LogP contribution in [0.25, 0.3) is 0 Å². The standard InChI is InChI=1S/C12H11F6N3O3S/c13-11(14,15)1-5-4-25-9(19-5)20-10(24)21-2-6(8(22)23)7(3-21)12(16,17)18/h4,6-7H,1-3H2,(H,22,23)(H,19,20,24)/t6-,7-/m1/s1. The van der Waals surface area contributed by atoms with Gasteiger partial charge in [-0.15, -0.1) is 11.3 Å². The summed E-state index contributed by atoms with van der Waals surface area (Å²) < 4.78 is 75.3. The fourth-order valence-electron chi connectivity index (χ4n) is 2.37. The second-order valence-electron chi connectivity index (χ2n) is 5.36. The molecule has 25 heavy (non-hydrogen) atoms. The Kier molecular flexibility index (Phi) is 5.16. The van der Waals surface area contributed by atoms with Crippen molar-refractivity contribution in [3.05, 3.63) is 11.1 Å². The lowest BCUT2D eigenvalue weighted by molar-refractivity contribution is -0.187. The first-order valence-corrected chi connectivity index (χ1v) is 7.61. The molecule has 2 rings (SSSR count). The van der Waals surface area contributed by atoms with E-state index in [2.05, 4.69) is 10.3 Å². The zero-order valence-corrected chi connectivity index (χ0v) is 13.0. The lowest BCUT2D eigenvalue weighted by Gasteiger charge is -2.18. The first kappa shape index (κ1) is 19.3. The van der Waals surface area contributed by atoms with E-state index in [4.69, 9.17) is 5.11 Å². The number of halogens is 6. The van der Waals surface area contributed by atoms with Crippen LogP contribution < -0.4 is 5.32 Å². The highest BCUT2D eigenvalue weighted by Crippen LogP contribution is 2.38. The third-order valence-corrected chi connectivity index (χ3v) is 4.30. The summed E-state index contributed by atoms with van der Waals surface area (Å²) in [4.78, 5) is 27.1. The normalized spacial score (nSPS) is 21.4. The number of carbonyl (C=O) groups excluding carboxylic acids is 1. The van der Waals surface area contributed by atoms with Crippen molar-refractivity contribution >= 4 is 28.5 Å². The summed E-state index contributed by atoms with van der Waals surface area (Å²) in [6.07, 6.45) is -10.6. The SMILES string of the molecule is O=C(O)[C@@H]1CN(C(=O)Nc2nc(CC(F)(F)F)cs2)C[C@H]1C(F)(F)F. The van der Waals surface area contributed by atoms with E-state index in [0.717, 1.165) is 5.38 Å². The summed E-state index contributed by atoms with van der Waals surface area (Å²) in [6, 6.07) is -1.05. The fraction of sp³-hybridized carbons (Fsp3) is 0.583. The van der Waals surface area contributed by atoms with Gasteiger partial charge in [-0.2, -0.15) is 26.3 Å². The van der Waals surface area contributed by atoms with Crippen molar-refractivity contribution in [3.63, 3.8) is 0 Å². The van der Waals surface area contributed by atoms with Crippen LogP contribution in [0, 0.1) is 11.8 Å². The van der Waals surface area contributed by atoms with Crippen LogP contribution in [-0.2, 0) is 11.2 Å². The van der Waals surface area contributed by atoms with E-state index in [-0.39, 0.29) is 10.8 Å². The Labute approximate surface area is 140 Å². The van der Waals surface area contributed by atoms with Crippen LogP contribution in [0.1, 0.15) is 5.69 Å². The van der Waals surface area contributed by atoms with Crippen LogP contribution in [0.3, 0.4) is 0 Å². The lowest BCUT2D eigenvalue weighted by Crippen LogP contribution is -2.35. The number of rotatable bonds is 3. The van der Waals surface area contributed by atoms with Gasteiger partial charge in [0.15, 0.2) is 5.13 Å². The lowest BCUT2D eigenvalue weighted by atomic mass is 9.96. The highest BCUT2D eigenvalue weighted by atomic mass is 32.1. The fourth-order valence-corrected chi connectivity index (χ4v) is 3.07. The molecule has 1 saturated heterocycles. The van der Waals surface area contributed by atoms with Crippen molar-refractivity contribution in [2.24, 2.45) is 11.8 Å². The molecule has 0 aliphatic carbocycles. The Hall–Kier alpha value is -2.05. The van der Waals surface area contributed by atoms with Gasteiger partial charge in [-0.25, -0.2) is 9.78 Å². The number of carbonyl (C=O) groups is 2. The molecular formula is C12H11F6N3O3S. The number of alkyl halides is 6. The third-order valence-electron chi connectivity index (χ3n) is 3.49. The maximum Gasteiger partial charge on any atom is 0.394 e. The monoisotopic (exact) mass is 391 g/mol. The number of aliphatic carboxylic acids is 1. The van der Waals surface area contributed by atoms with Crippen molar-refractivity contribution in [3.8, 4) is 0 Å². The highest BCUT2D eigenvalue weighted by molar-refractivity contribution is 7.13. The number of carboxylic acids is 1. The molecule has 0 bridgehead atoms. The van der Waals surface area contributed by atoms with Gasteiger partial charge < -0.3 is 10.0 Å². The number of carboxylic acid groups (broad SMARTS) is 1. The third kappa shape index (κ3) is 4.96. The Morgan fingerprint density at radius 3 is 2.40 bits per heavy atom. The van der Waals surface area contributed by atoms with Crippen LogP contribution in [-0.4, -0.2) is 52.4 Å². The van der Waals surface area contributed by atoms with Gasteiger partial charge in [0.25, 0.3) is 0 Å². The number of nitrogens with one attached hydrogen (secondary N) is 1. The average Bonchev–Trinajstić information content (AvgIpc) is 3.02. The Balaban J connectivity index is 2.03. The Morgan fingerprint density at radius 1 is 1.28 bits per heavy atom. The largest absolute Gasteiger partial charge is 0.481 e. The zero-order chi connectivity index (χ0) is 19.0. The molecule has 1 fully saturated rings. The molecule has 0 saturated carbocycles. The van der Waals surface area contributed by atoms with Gasteiger partial charge in [0.2, 0.25) is 0 Å². The molecule has 0 unspecified atom stereocenters. The molecule has 2 atom stereocenters. The van der Waals surface area contributed by atoms with E-state index in [0.29, 0.717) is 16.2 Å². The molecule has 140 valence electrons. The van der Waals surface area contributed by atoms with Crippen molar-refractivity contribution in [1.82, 2.24) is 9.88 Å². The van der Waals surface area contributed by atoms with Gasteiger partial charge in [-0.1, -0.05) is 0 Å². The van der Waals surface area contributed by atoms with Crippen molar-refractivity contribution in [1.29, 1.82) is 0 Å². The minimum absolute atomic E-state index is 0.216. The van der Waals surface area contributed by atoms with Gasteiger partial charge in [-0.05, 0) is 0 Å². The van der Waals surface area contributed by atoms with Crippen LogP contribution in [0.4, 0.5) is 36.3 Å². The molecular weight excluding hydrogens is 380 g/mol.